The van der Waals surface area contributed by atoms with Crippen molar-refractivity contribution in [2.24, 2.45) is 4.99 Å². The van der Waals surface area contributed by atoms with Crippen LogP contribution in [0.5, 0.6) is 0 Å². The summed E-state index contributed by atoms with van der Waals surface area (Å²) in [6.45, 7) is 0.702. The smallest absolute Gasteiger partial charge is 0.209 e. The lowest BCUT2D eigenvalue weighted by atomic mass is 10.1. The lowest BCUT2D eigenvalue weighted by Gasteiger charge is -2.07. The van der Waals surface area contributed by atoms with Crippen molar-refractivity contribution in [1.82, 2.24) is 5.32 Å². The van der Waals surface area contributed by atoms with Crippen LogP contribution in [-0.4, -0.2) is 12.5 Å². The van der Waals surface area contributed by atoms with Gasteiger partial charge in [0.15, 0.2) is 6.19 Å². The summed E-state index contributed by atoms with van der Waals surface area (Å²) in [6, 6.07) is 8.01. The number of rotatable bonds is 0. The molecule has 0 aromatic heterocycles. The maximum Gasteiger partial charge on any atom is 0.209 e. The minimum absolute atomic E-state index is 0.525. The van der Waals surface area contributed by atoms with Gasteiger partial charge in [-0.2, -0.15) is 5.26 Å². The Labute approximate surface area is 82.3 Å². The maximum absolute atomic E-state index is 8.48. The fourth-order valence-corrected chi connectivity index (χ4v) is 1.44. The zero-order valence-electron chi connectivity index (χ0n) is 7.62. The number of nitrogens with zero attached hydrogens (tertiary/aromatic N) is 2. The third kappa shape index (κ3) is 1.67. The second-order valence-corrected chi connectivity index (χ2v) is 3.00. The zero-order chi connectivity index (χ0) is 9.80. The Bertz CT molecular complexity index is 403. The Kier molecular flexibility index (Phi) is 2.32. The number of nitrogens with one attached hydrogen (secondary N) is 2. The van der Waals surface area contributed by atoms with Crippen LogP contribution >= 0.6 is 0 Å². The summed E-state index contributed by atoms with van der Waals surface area (Å²) in [5.74, 6) is 0.525. The number of para-hydroxylation sites is 1. The van der Waals surface area contributed by atoms with E-state index >= 15 is 0 Å². The SMILES string of the molecule is N#CNC1=NCCc2ccccc2N1. The third-order valence-corrected chi connectivity index (χ3v) is 2.10. The Morgan fingerprint density at radius 2 is 2.29 bits per heavy atom. The number of anilines is 1. The zero-order valence-corrected chi connectivity index (χ0v) is 7.62. The summed E-state index contributed by atoms with van der Waals surface area (Å²) in [4.78, 5) is 4.20. The molecular formula is C10H10N4. The van der Waals surface area contributed by atoms with E-state index in [0.29, 0.717) is 12.5 Å². The summed E-state index contributed by atoms with van der Waals surface area (Å²) in [5.41, 5.74) is 2.25. The molecule has 2 N–H and O–H groups in total. The topological polar surface area (TPSA) is 60.2 Å². The molecule has 2 rings (SSSR count). The molecule has 0 spiro atoms. The van der Waals surface area contributed by atoms with Crippen LogP contribution in [0.2, 0.25) is 0 Å². The Morgan fingerprint density at radius 3 is 3.14 bits per heavy atom. The lowest BCUT2D eigenvalue weighted by molar-refractivity contribution is 0.973. The van der Waals surface area contributed by atoms with Gasteiger partial charge in [-0.3, -0.25) is 10.3 Å². The third-order valence-electron chi connectivity index (χ3n) is 2.10. The highest BCUT2D eigenvalue weighted by Crippen LogP contribution is 2.17. The highest BCUT2D eigenvalue weighted by atomic mass is 15.2. The van der Waals surface area contributed by atoms with Gasteiger partial charge in [0.25, 0.3) is 0 Å². The molecule has 0 saturated heterocycles. The second kappa shape index (κ2) is 3.79. The van der Waals surface area contributed by atoms with Crippen LogP contribution in [0.25, 0.3) is 0 Å². The minimum atomic E-state index is 0.525. The molecular weight excluding hydrogens is 176 g/mol. The van der Waals surface area contributed by atoms with E-state index < -0.39 is 0 Å². The standard InChI is InChI=1S/C10H10N4/c11-7-13-10-12-6-5-8-3-1-2-4-9(8)14-10/h1-4H,5-6H2,(H2,12,13,14). The number of fused-ring (bicyclic) bond motifs is 1. The largest absolute Gasteiger partial charge is 0.325 e. The number of hydrogen-bond donors (Lipinski definition) is 2. The first-order chi connectivity index (χ1) is 6.90. The molecule has 1 aromatic rings. The van der Waals surface area contributed by atoms with Crippen LogP contribution in [0.4, 0.5) is 5.69 Å². The quantitative estimate of drug-likeness (QED) is 0.471. The van der Waals surface area contributed by atoms with Crippen molar-refractivity contribution >= 4 is 11.6 Å². The van der Waals surface area contributed by atoms with Crippen molar-refractivity contribution in [1.29, 1.82) is 5.26 Å². The van der Waals surface area contributed by atoms with E-state index in [2.05, 4.69) is 21.7 Å². The molecule has 0 bridgehead atoms. The molecule has 1 aliphatic heterocycles. The van der Waals surface area contributed by atoms with Crippen molar-refractivity contribution < 1.29 is 0 Å². The Hall–Kier alpha value is -2.02. The van der Waals surface area contributed by atoms with Gasteiger partial charge in [0.05, 0.1) is 0 Å². The van der Waals surface area contributed by atoms with E-state index in [0.717, 1.165) is 12.1 Å². The molecule has 0 atom stereocenters. The summed E-state index contributed by atoms with van der Waals surface area (Å²) < 4.78 is 0. The van der Waals surface area contributed by atoms with E-state index in [1.165, 1.54) is 5.56 Å². The molecule has 4 nitrogen and oxygen atoms in total. The van der Waals surface area contributed by atoms with E-state index in [9.17, 15) is 0 Å². The van der Waals surface area contributed by atoms with E-state index in [-0.39, 0.29) is 0 Å². The molecule has 14 heavy (non-hydrogen) atoms. The van der Waals surface area contributed by atoms with Crippen LogP contribution in [0, 0.1) is 11.5 Å². The van der Waals surface area contributed by atoms with Gasteiger partial charge in [-0.25, -0.2) is 0 Å². The summed E-state index contributed by atoms with van der Waals surface area (Å²) in [5, 5.41) is 14.1. The molecule has 4 heteroatoms. The molecule has 1 aliphatic rings. The predicted octanol–water partition coefficient (Wildman–Crippen LogP) is 1.08. The van der Waals surface area contributed by atoms with Gasteiger partial charge in [-0.15, -0.1) is 0 Å². The molecule has 1 aromatic carbocycles. The highest BCUT2D eigenvalue weighted by Gasteiger charge is 2.07. The fraction of sp³-hybridized carbons (Fsp3) is 0.200. The highest BCUT2D eigenvalue weighted by molar-refractivity contribution is 5.95. The first-order valence-electron chi connectivity index (χ1n) is 4.44. The summed E-state index contributed by atoms with van der Waals surface area (Å²) >= 11 is 0. The normalized spacial score (nSPS) is 14.1. The van der Waals surface area contributed by atoms with Gasteiger partial charge in [0, 0.05) is 12.2 Å². The predicted molar refractivity (Wildman–Crippen MR) is 54.8 cm³/mol. The van der Waals surface area contributed by atoms with E-state index in [1.807, 2.05) is 24.4 Å². The molecule has 0 unspecified atom stereocenters. The first-order valence-corrected chi connectivity index (χ1v) is 4.44. The first kappa shape index (κ1) is 8.57. The fourth-order valence-electron chi connectivity index (χ4n) is 1.44. The van der Waals surface area contributed by atoms with Crippen LogP contribution in [0.3, 0.4) is 0 Å². The van der Waals surface area contributed by atoms with Crippen LogP contribution in [0.15, 0.2) is 29.3 Å². The number of nitriles is 1. The van der Waals surface area contributed by atoms with Gasteiger partial charge in [-0.05, 0) is 18.1 Å². The molecule has 0 saturated carbocycles. The number of benzene rings is 1. The van der Waals surface area contributed by atoms with E-state index in [4.69, 9.17) is 5.26 Å². The van der Waals surface area contributed by atoms with Gasteiger partial charge in [0.2, 0.25) is 5.96 Å². The van der Waals surface area contributed by atoms with Gasteiger partial charge >= 0.3 is 0 Å². The second-order valence-electron chi connectivity index (χ2n) is 3.00. The van der Waals surface area contributed by atoms with Gasteiger partial charge in [0.1, 0.15) is 0 Å². The number of guanidine groups is 1. The van der Waals surface area contributed by atoms with Crippen molar-refractivity contribution in [3.05, 3.63) is 29.8 Å². The monoisotopic (exact) mass is 186 g/mol. The average Bonchev–Trinajstić information content (AvgIpc) is 2.40. The van der Waals surface area contributed by atoms with Crippen molar-refractivity contribution in [2.75, 3.05) is 11.9 Å². The molecule has 0 fully saturated rings. The minimum Gasteiger partial charge on any atom is -0.325 e. The van der Waals surface area contributed by atoms with Gasteiger partial charge < -0.3 is 5.32 Å². The molecule has 0 amide bonds. The van der Waals surface area contributed by atoms with Crippen molar-refractivity contribution in [3.8, 4) is 6.19 Å². The van der Waals surface area contributed by atoms with Crippen LogP contribution in [-0.2, 0) is 6.42 Å². The Morgan fingerprint density at radius 1 is 1.43 bits per heavy atom. The van der Waals surface area contributed by atoms with Gasteiger partial charge in [-0.1, -0.05) is 18.2 Å². The Balaban J connectivity index is 2.26. The molecule has 0 aliphatic carbocycles. The molecule has 1 heterocycles. The summed E-state index contributed by atoms with van der Waals surface area (Å²) in [7, 11) is 0. The van der Waals surface area contributed by atoms with Crippen molar-refractivity contribution in [2.45, 2.75) is 6.42 Å². The lowest BCUT2D eigenvalue weighted by Crippen LogP contribution is -2.26. The average molecular weight is 186 g/mol. The number of hydrogen-bond acceptors (Lipinski definition) is 4. The molecule has 0 radical (unpaired) electrons. The number of aliphatic imine (C=N–C) groups is 1. The van der Waals surface area contributed by atoms with Crippen LogP contribution in [0.1, 0.15) is 5.56 Å². The summed E-state index contributed by atoms with van der Waals surface area (Å²) in [6.07, 6.45) is 2.76. The molecule has 70 valence electrons. The van der Waals surface area contributed by atoms with Crippen LogP contribution < -0.4 is 10.6 Å². The van der Waals surface area contributed by atoms with Crippen molar-refractivity contribution in [3.63, 3.8) is 0 Å². The van der Waals surface area contributed by atoms with E-state index in [1.54, 1.807) is 0 Å². The maximum atomic E-state index is 8.48.